The highest BCUT2D eigenvalue weighted by molar-refractivity contribution is 7.98. The standard InChI is InChI=1S/C18H13ClF2N2O4S/c19-13-5-11-7-24-9-25-15(11)12(6-13)8-28-18-23-22-16(27-18)10-1-3-14(4-2-10)26-17(20)21/h1-6,17H,7-9H2. The number of rotatable bonds is 6. The van der Waals surface area contributed by atoms with Crippen LogP contribution in [0, 0.1) is 0 Å². The van der Waals surface area contributed by atoms with Crippen molar-refractivity contribution in [2.24, 2.45) is 0 Å². The number of hydrogen-bond donors (Lipinski definition) is 0. The summed E-state index contributed by atoms with van der Waals surface area (Å²) in [5.74, 6) is 1.62. The van der Waals surface area contributed by atoms with Crippen molar-refractivity contribution < 1.29 is 27.4 Å². The number of hydrogen-bond acceptors (Lipinski definition) is 7. The molecule has 0 aliphatic carbocycles. The van der Waals surface area contributed by atoms with Crippen LogP contribution in [0.5, 0.6) is 11.5 Å². The van der Waals surface area contributed by atoms with E-state index < -0.39 is 6.61 Å². The van der Waals surface area contributed by atoms with Gasteiger partial charge in [0.25, 0.3) is 5.22 Å². The number of benzene rings is 2. The summed E-state index contributed by atoms with van der Waals surface area (Å²) in [5, 5.41) is 8.96. The molecule has 10 heteroatoms. The Labute approximate surface area is 167 Å². The van der Waals surface area contributed by atoms with Crippen LogP contribution in [0.4, 0.5) is 8.78 Å². The van der Waals surface area contributed by atoms with Crippen LogP contribution in [-0.4, -0.2) is 23.6 Å². The highest BCUT2D eigenvalue weighted by Gasteiger charge is 2.18. The van der Waals surface area contributed by atoms with E-state index in [1.54, 1.807) is 12.1 Å². The van der Waals surface area contributed by atoms with Gasteiger partial charge in [0.2, 0.25) is 5.89 Å². The molecule has 146 valence electrons. The molecule has 1 aliphatic heterocycles. The van der Waals surface area contributed by atoms with Gasteiger partial charge in [-0.05, 0) is 36.4 Å². The van der Waals surface area contributed by atoms with E-state index in [2.05, 4.69) is 14.9 Å². The van der Waals surface area contributed by atoms with E-state index in [4.69, 9.17) is 25.5 Å². The summed E-state index contributed by atoms with van der Waals surface area (Å²) in [5.41, 5.74) is 2.40. The Morgan fingerprint density at radius 2 is 2.00 bits per heavy atom. The first kappa shape index (κ1) is 19.0. The molecule has 0 fully saturated rings. The predicted molar refractivity (Wildman–Crippen MR) is 97.7 cm³/mol. The van der Waals surface area contributed by atoms with Crippen LogP contribution in [0.1, 0.15) is 11.1 Å². The summed E-state index contributed by atoms with van der Waals surface area (Å²) in [6, 6.07) is 9.61. The number of fused-ring (bicyclic) bond motifs is 1. The normalized spacial score (nSPS) is 13.3. The molecule has 0 saturated heterocycles. The minimum absolute atomic E-state index is 0.0579. The fraction of sp³-hybridized carbons (Fsp3) is 0.222. The first-order valence-corrected chi connectivity index (χ1v) is 9.48. The monoisotopic (exact) mass is 426 g/mol. The van der Waals surface area contributed by atoms with Crippen molar-refractivity contribution in [2.75, 3.05) is 6.79 Å². The molecule has 6 nitrogen and oxygen atoms in total. The second kappa shape index (κ2) is 8.34. The molecule has 1 aromatic heterocycles. The number of halogens is 3. The fourth-order valence-corrected chi connectivity index (χ4v) is 3.66. The molecule has 0 unspecified atom stereocenters. The van der Waals surface area contributed by atoms with Crippen LogP contribution >= 0.6 is 23.4 Å². The Balaban J connectivity index is 1.45. The van der Waals surface area contributed by atoms with Crippen molar-refractivity contribution in [3.8, 4) is 23.0 Å². The average Bonchev–Trinajstić information content (AvgIpc) is 3.15. The smallest absolute Gasteiger partial charge is 0.387 e. The summed E-state index contributed by atoms with van der Waals surface area (Å²) in [6.45, 7) is -2.23. The van der Waals surface area contributed by atoms with Crippen LogP contribution in [-0.2, 0) is 17.1 Å². The van der Waals surface area contributed by atoms with E-state index in [9.17, 15) is 8.78 Å². The van der Waals surface area contributed by atoms with Gasteiger partial charge in [-0.1, -0.05) is 23.4 Å². The molecule has 0 saturated carbocycles. The predicted octanol–water partition coefficient (Wildman–Crippen LogP) is 5.15. The molecular formula is C18H13ClF2N2O4S. The zero-order valence-corrected chi connectivity index (χ0v) is 15.8. The van der Waals surface area contributed by atoms with E-state index in [1.807, 2.05) is 12.1 Å². The van der Waals surface area contributed by atoms with Gasteiger partial charge in [-0.3, -0.25) is 0 Å². The van der Waals surface area contributed by atoms with Crippen LogP contribution < -0.4 is 9.47 Å². The summed E-state index contributed by atoms with van der Waals surface area (Å²) in [6.07, 6.45) is 0. The van der Waals surface area contributed by atoms with Gasteiger partial charge in [0.05, 0.1) is 6.61 Å². The minimum atomic E-state index is -2.87. The lowest BCUT2D eigenvalue weighted by molar-refractivity contribution is -0.0498. The molecule has 28 heavy (non-hydrogen) atoms. The molecule has 0 spiro atoms. The van der Waals surface area contributed by atoms with Gasteiger partial charge in [0.1, 0.15) is 11.5 Å². The van der Waals surface area contributed by atoms with Gasteiger partial charge in [0.15, 0.2) is 6.79 Å². The number of nitrogens with zero attached hydrogens (tertiary/aromatic N) is 2. The van der Waals surface area contributed by atoms with Crippen molar-refractivity contribution in [3.05, 3.63) is 52.5 Å². The van der Waals surface area contributed by atoms with Gasteiger partial charge >= 0.3 is 6.61 Å². The maximum atomic E-state index is 12.2. The molecule has 4 rings (SSSR count). The van der Waals surface area contributed by atoms with E-state index in [-0.39, 0.29) is 18.4 Å². The number of ether oxygens (including phenoxy) is 3. The number of thioether (sulfide) groups is 1. The quantitative estimate of drug-likeness (QED) is 0.505. The Bertz CT molecular complexity index is 969. The first-order valence-electron chi connectivity index (χ1n) is 8.12. The molecule has 0 N–H and O–H groups in total. The lowest BCUT2D eigenvalue weighted by Crippen LogP contribution is -2.12. The maximum absolute atomic E-state index is 12.2. The Morgan fingerprint density at radius 1 is 1.18 bits per heavy atom. The van der Waals surface area contributed by atoms with E-state index in [0.717, 1.165) is 16.9 Å². The molecular weight excluding hydrogens is 414 g/mol. The van der Waals surface area contributed by atoms with E-state index in [0.29, 0.717) is 28.2 Å². The Kier molecular flexibility index (Phi) is 5.65. The second-order valence-electron chi connectivity index (χ2n) is 5.73. The van der Waals surface area contributed by atoms with Crippen LogP contribution in [0.25, 0.3) is 11.5 Å². The summed E-state index contributed by atoms with van der Waals surface area (Å²) >= 11 is 7.50. The van der Waals surface area contributed by atoms with Crippen LogP contribution in [0.3, 0.4) is 0 Å². The SMILES string of the molecule is FC(F)Oc1ccc(-c2nnc(SCc3cc(Cl)cc4c3OCOC4)o2)cc1. The van der Waals surface area contributed by atoms with Crippen molar-refractivity contribution in [1.82, 2.24) is 10.2 Å². The van der Waals surface area contributed by atoms with Crippen molar-refractivity contribution in [3.63, 3.8) is 0 Å². The van der Waals surface area contributed by atoms with E-state index in [1.165, 1.54) is 23.9 Å². The average molecular weight is 427 g/mol. The molecule has 3 aromatic rings. The lowest BCUT2D eigenvalue weighted by atomic mass is 10.1. The third kappa shape index (κ3) is 4.37. The number of aromatic nitrogens is 2. The highest BCUT2D eigenvalue weighted by atomic mass is 35.5. The molecule has 2 heterocycles. The molecule has 0 amide bonds. The zero-order valence-electron chi connectivity index (χ0n) is 14.2. The maximum Gasteiger partial charge on any atom is 0.387 e. The zero-order chi connectivity index (χ0) is 19.5. The molecule has 0 bridgehead atoms. The third-order valence-corrected chi connectivity index (χ3v) is 4.92. The summed E-state index contributed by atoms with van der Waals surface area (Å²) < 4.78 is 45.2. The van der Waals surface area contributed by atoms with E-state index >= 15 is 0 Å². The van der Waals surface area contributed by atoms with Gasteiger partial charge < -0.3 is 18.6 Å². The highest BCUT2D eigenvalue weighted by Crippen LogP contribution is 2.35. The topological polar surface area (TPSA) is 66.6 Å². The molecule has 2 aromatic carbocycles. The largest absolute Gasteiger partial charge is 0.467 e. The second-order valence-corrected chi connectivity index (χ2v) is 7.09. The Hall–Kier alpha value is -2.36. The van der Waals surface area contributed by atoms with Crippen LogP contribution in [0.15, 0.2) is 46.0 Å². The van der Waals surface area contributed by atoms with Crippen molar-refractivity contribution in [1.29, 1.82) is 0 Å². The van der Waals surface area contributed by atoms with Crippen molar-refractivity contribution in [2.45, 2.75) is 24.2 Å². The Morgan fingerprint density at radius 3 is 2.79 bits per heavy atom. The van der Waals surface area contributed by atoms with Gasteiger partial charge in [-0.15, -0.1) is 10.2 Å². The van der Waals surface area contributed by atoms with Gasteiger partial charge in [-0.25, -0.2) is 0 Å². The fourth-order valence-electron chi connectivity index (χ4n) is 2.67. The minimum Gasteiger partial charge on any atom is -0.467 e. The van der Waals surface area contributed by atoms with Gasteiger partial charge in [0, 0.05) is 27.5 Å². The summed E-state index contributed by atoms with van der Waals surface area (Å²) in [7, 11) is 0. The first-order chi connectivity index (χ1) is 13.6. The molecule has 0 radical (unpaired) electrons. The van der Waals surface area contributed by atoms with Crippen molar-refractivity contribution >= 4 is 23.4 Å². The number of alkyl halides is 2. The molecule has 0 atom stereocenters. The third-order valence-electron chi connectivity index (χ3n) is 3.84. The summed E-state index contributed by atoms with van der Waals surface area (Å²) in [4.78, 5) is 0. The lowest BCUT2D eigenvalue weighted by Gasteiger charge is -2.20. The van der Waals surface area contributed by atoms with Gasteiger partial charge in [-0.2, -0.15) is 8.78 Å². The molecule has 1 aliphatic rings. The van der Waals surface area contributed by atoms with Crippen LogP contribution in [0.2, 0.25) is 5.02 Å².